The molecule has 1 N–H and O–H groups in total. The fourth-order valence-corrected chi connectivity index (χ4v) is 2.22. The van der Waals surface area contributed by atoms with Crippen LogP contribution in [0.2, 0.25) is 0 Å². The van der Waals surface area contributed by atoms with Crippen molar-refractivity contribution in [3.8, 4) is 0 Å². The van der Waals surface area contributed by atoms with E-state index in [0.717, 1.165) is 19.2 Å². The van der Waals surface area contributed by atoms with E-state index in [1.807, 2.05) is 13.8 Å². The maximum absolute atomic E-state index is 13.1. The van der Waals surface area contributed by atoms with Crippen LogP contribution in [0.5, 0.6) is 0 Å². The molecule has 2 rings (SSSR count). The van der Waals surface area contributed by atoms with E-state index in [1.165, 1.54) is 17.0 Å². The number of carbonyl (C=O) groups excluding carboxylic acids is 2. The molecule has 0 saturated heterocycles. The Morgan fingerprint density at radius 3 is 2.79 bits per heavy atom. The number of benzene rings is 1. The lowest BCUT2D eigenvalue weighted by Gasteiger charge is -2.21. The van der Waals surface area contributed by atoms with Crippen LogP contribution in [0.25, 0.3) is 0 Å². The molecule has 0 saturated carbocycles. The van der Waals surface area contributed by atoms with Gasteiger partial charge in [-0.15, -0.1) is 0 Å². The van der Waals surface area contributed by atoms with E-state index < -0.39 is 17.5 Å². The Hall–Kier alpha value is -1.75. The summed E-state index contributed by atoms with van der Waals surface area (Å²) in [6, 6.07) is 3.89. The van der Waals surface area contributed by atoms with Gasteiger partial charge in [0.05, 0.1) is 11.3 Å². The Bertz CT molecular complexity index is 516. The van der Waals surface area contributed by atoms with Crippen molar-refractivity contribution in [1.29, 1.82) is 0 Å². The highest BCUT2D eigenvalue weighted by Gasteiger charge is 2.36. The molecule has 1 aliphatic heterocycles. The number of nitrogens with one attached hydrogen (secondary N) is 1. The third-order valence-electron chi connectivity index (χ3n) is 3.17. The van der Waals surface area contributed by atoms with Gasteiger partial charge in [-0.05, 0) is 37.2 Å². The molecule has 1 aromatic rings. The summed E-state index contributed by atoms with van der Waals surface area (Å²) in [6.07, 6.45) is 0. The number of fused-ring (bicyclic) bond motifs is 1. The molecule has 1 aromatic carbocycles. The molecule has 1 heterocycles. The third-order valence-corrected chi connectivity index (χ3v) is 3.17. The molecule has 1 aliphatic rings. The average molecular weight is 264 g/mol. The number of ketones is 1. The quantitative estimate of drug-likeness (QED) is 0.822. The fourth-order valence-electron chi connectivity index (χ4n) is 2.22. The molecular weight excluding hydrogens is 247 g/mol. The molecule has 102 valence electrons. The average Bonchev–Trinajstić information content (AvgIpc) is 2.61. The molecule has 1 amide bonds. The monoisotopic (exact) mass is 264 g/mol. The first-order valence-corrected chi connectivity index (χ1v) is 6.41. The number of anilines is 1. The topological polar surface area (TPSA) is 49.4 Å². The van der Waals surface area contributed by atoms with Crippen LogP contribution in [0.4, 0.5) is 10.1 Å². The van der Waals surface area contributed by atoms with Crippen molar-refractivity contribution >= 4 is 17.4 Å². The first kappa shape index (κ1) is 13.7. The number of carbonyl (C=O) groups is 2. The van der Waals surface area contributed by atoms with Gasteiger partial charge in [-0.2, -0.15) is 0 Å². The second kappa shape index (κ2) is 5.48. The number of hydrogen-bond donors (Lipinski definition) is 1. The summed E-state index contributed by atoms with van der Waals surface area (Å²) in [5, 5.41) is 3.20. The highest BCUT2D eigenvalue weighted by atomic mass is 19.1. The summed E-state index contributed by atoms with van der Waals surface area (Å²) in [5.41, 5.74) is 0.681. The molecular formula is C14H17FN2O2. The van der Waals surface area contributed by atoms with Crippen LogP contribution in [0, 0.1) is 11.7 Å². The van der Waals surface area contributed by atoms with Crippen LogP contribution >= 0.6 is 0 Å². The maximum atomic E-state index is 13.1. The summed E-state index contributed by atoms with van der Waals surface area (Å²) >= 11 is 0. The van der Waals surface area contributed by atoms with Gasteiger partial charge in [0.1, 0.15) is 5.82 Å². The van der Waals surface area contributed by atoms with Gasteiger partial charge in [-0.3, -0.25) is 9.59 Å². The minimum absolute atomic E-state index is 0.167. The second-order valence-corrected chi connectivity index (χ2v) is 4.82. The number of rotatable bonds is 5. The lowest BCUT2D eigenvalue weighted by Crippen LogP contribution is -2.36. The Kier molecular flexibility index (Phi) is 3.95. The van der Waals surface area contributed by atoms with Crippen LogP contribution in [-0.2, 0) is 4.79 Å². The van der Waals surface area contributed by atoms with Gasteiger partial charge in [0, 0.05) is 6.54 Å². The Balaban J connectivity index is 2.19. The van der Waals surface area contributed by atoms with E-state index in [4.69, 9.17) is 0 Å². The molecule has 0 radical (unpaired) electrons. The molecule has 0 spiro atoms. The van der Waals surface area contributed by atoms with Crippen molar-refractivity contribution in [1.82, 2.24) is 5.32 Å². The van der Waals surface area contributed by atoms with Crippen molar-refractivity contribution in [2.24, 2.45) is 5.92 Å². The largest absolute Gasteiger partial charge is 0.317 e. The number of Topliss-reactive ketones (excluding diaryl/α,β-unsaturated/α-hetero) is 1. The molecule has 4 nitrogen and oxygen atoms in total. The Morgan fingerprint density at radius 1 is 1.37 bits per heavy atom. The summed E-state index contributed by atoms with van der Waals surface area (Å²) in [7, 11) is 0. The van der Waals surface area contributed by atoms with Gasteiger partial charge in [-0.1, -0.05) is 13.8 Å². The van der Waals surface area contributed by atoms with Crippen molar-refractivity contribution in [2.75, 3.05) is 24.5 Å². The normalized spacial score (nSPS) is 15.8. The van der Waals surface area contributed by atoms with E-state index in [9.17, 15) is 14.0 Å². The lowest BCUT2D eigenvalue weighted by molar-refractivity contribution is -0.114. The number of halogens is 1. The predicted molar refractivity (Wildman–Crippen MR) is 70.8 cm³/mol. The first-order valence-electron chi connectivity index (χ1n) is 6.41. The molecule has 0 fully saturated rings. The molecule has 0 aromatic heterocycles. The summed E-state index contributed by atoms with van der Waals surface area (Å²) in [4.78, 5) is 25.1. The van der Waals surface area contributed by atoms with Crippen LogP contribution in [0.15, 0.2) is 18.2 Å². The standard InChI is InChI=1S/C14H17FN2O2/c1-3-16-7-9(2)8-17-12-5-4-10(15)6-11(12)13(18)14(17)19/h4-6,9,16H,3,7-8H2,1-2H3. The Labute approximate surface area is 111 Å². The molecule has 0 bridgehead atoms. The minimum atomic E-state index is -0.620. The lowest BCUT2D eigenvalue weighted by atomic mass is 10.1. The number of hydrogen-bond acceptors (Lipinski definition) is 3. The van der Waals surface area contributed by atoms with Gasteiger partial charge in [0.2, 0.25) is 0 Å². The molecule has 1 atom stereocenters. The van der Waals surface area contributed by atoms with Gasteiger partial charge in [0.15, 0.2) is 0 Å². The van der Waals surface area contributed by atoms with Crippen molar-refractivity contribution in [2.45, 2.75) is 13.8 Å². The van der Waals surface area contributed by atoms with Crippen LogP contribution in [0.3, 0.4) is 0 Å². The summed E-state index contributed by atoms with van der Waals surface area (Å²) < 4.78 is 13.1. The highest BCUT2D eigenvalue weighted by Crippen LogP contribution is 2.29. The van der Waals surface area contributed by atoms with Crippen molar-refractivity contribution in [3.05, 3.63) is 29.6 Å². The summed E-state index contributed by atoms with van der Waals surface area (Å²) in [5.74, 6) is -1.47. The van der Waals surface area contributed by atoms with Crippen molar-refractivity contribution in [3.63, 3.8) is 0 Å². The minimum Gasteiger partial charge on any atom is -0.317 e. The number of amides is 1. The summed E-state index contributed by atoms with van der Waals surface area (Å²) in [6.45, 7) is 6.09. The van der Waals surface area contributed by atoms with Gasteiger partial charge < -0.3 is 10.2 Å². The maximum Gasteiger partial charge on any atom is 0.299 e. The molecule has 5 heteroatoms. The van der Waals surface area contributed by atoms with Crippen LogP contribution in [-0.4, -0.2) is 31.3 Å². The zero-order valence-corrected chi connectivity index (χ0v) is 11.1. The van der Waals surface area contributed by atoms with E-state index in [2.05, 4.69) is 5.32 Å². The number of nitrogens with zero attached hydrogens (tertiary/aromatic N) is 1. The molecule has 0 aliphatic carbocycles. The molecule has 1 unspecified atom stereocenters. The SMILES string of the molecule is CCNCC(C)CN1C(=O)C(=O)c2cc(F)ccc21. The van der Waals surface area contributed by atoms with Gasteiger partial charge in [-0.25, -0.2) is 4.39 Å². The predicted octanol–water partition coefficient (Wildman–Crippen LogP) is 1.60. The zero-order valence-electron chi connectivity index (χ0n) is 11.1. The van der Waals surface area contributed by atoms with E-state index in [0.29, 0.717) is 12.2 Å². The van der Waals surface area contributed by atoms with Crippen molar-refractivity contribution < 1.29 is 14.0 Å². The van der Waals surface area contributed by atoms with Crippen LogP contribution < -0.4 is 10.2 Å². The van der Waals surface area contributed by atoms with Gasteiger partial charge in [0.25, 0.3) is 11.7 Å². The van der Waals surface area contributed by atoms with Crippen LogP contribution in [0.1, 0.15) is 24.2 Å². The first-order chi connectivity index (χ1) is 9.04. The smallest absolute Gasteiger partial charge is 0.299 e. The van der Waals surface area contributed by atoms with E-state index in [-0.39, 0.29) is 11.5 Å². The third kappa shape index (κ3) is 2.66. The van der Waals surface area contributed by atoms with E-state index >= 15 is 0 Å². The molecule has 19 heavy (non-hydrogen) atoms. The second-order valence-electron chi connectivity index (χ2n) is 4.82. The van der Waals surface area contributed by atoms with E-state index in [1.54, 1.807) is 0 Å². The zero-order chi connectivity index (χ0) is 14.0. The highest BCUT2D eigenvalue weighted by molar-refractivity contribution is 6.52. The Morgan fingerprint density at radius 2 is 2.11 bits per heavy atom. The van der Waals surface area contributed by atoms with Gasteiger partial charge >= 0.3 is 0 Å². The fraction of sp³-hybridized carbons (Fsp3) is 0.429.